The molecule has 0 amide bonds. The molecule has 1 heterocycles. The lowest BCUT2D eigenvalue weighted by Gasteiger charge is -2.27. The molecule has 15 heavy (non-hydrogen) atoms. The average molecular weight is 208 g/mol. The number of aryl methyl sites for hydroxylation is 1. The maximum atomic E-state index is 13.0. The maximum absolute atomic E-state index is 13.0. The predicted molar refractivity (Wildman–Crippen MR) is 59.2 cm³/mol. The third kappa shape index (κ3) is 2.76. The van der Waals surface area contributed by atoms with Gasteiger partial charge in [-0.3, -0.25) is 0 Å². The van der Waals surface area contributed by atoms with Crippen LogP contribution in [0.1, 0.15) is 11.1 Å². The van der Waals surface area contributed by atoms with Crippen molar-refractivity contribution in [3.8, 4) is 0 Å². The lowest BCUT2D eigenvalue weighted by Crippen LogP contribution is -2.47. The summed E-state index contributed by atoms with van der Waals surface area (Å²) in [6.45, 7) is 5.92. The third-order valence-electron chi connectivity index (χ3n) is 2.85. The second-order valence-corrected chi connectivity index (χ2v) is 4.24. The Kier molecular flexibility index (Phi) is 3.34. The fraction of sp³-hybridized carbons (Fsp3) is 0.500. The molecule has 0 unspecified atom stereocenters. The summed E-state index contributed by atoms with van der Waals surface area (Å²) in [7, 11) is 0. The van der Waals surface area contributed by atoms with Crippen molar-refractivity contribution >= 4 is 0 Å². The highest BCUT2D eigenvalue weighted by Crippen LogP contribution is 2.09. The van der Waals surface area contributed by atoms with Gasteiger partial charge in [0.1, 0.15) is 5.82 Å². The van der Waals surface area contributed by atoms with Gasteiger partial charge in [0, 0.05) is 26.2 Å². The fourth-order valence-electron chi connectivity index (χ4n) is 1.73. The number of nitrogens with one attached hydrogen (secondary N) is 2. The van der Waals surface area contributed by atoms with Crippen LogP contribution >= 0.6 is 0 Å². The second-order valence-electron chi connectivity index (χ2n) is 4.24. The number of rotatable bonds is 4. The molecule has 3 heteroatoms. The van der Waals surface area contributed by atoms with Crippen molar-refractivity contribution < 1.29 is 4.39 Å². The van der Waals surface area contributed by atoms with E-state index in [1.165, 1.54) is 6.07 Å². The van der Waals surface area contributed by atoms with Gasteiger partial charge in [-0.25, -0.2) is 4.39 Å². The Labute approximate surface area is 89.9 Å². The van der Waals surface area contributed by atoms with E-state index in [1.54, 1.807) is 6.92 Å². The highest BCUT2D eigenvalue weighted by Gasteiger charge is 2.15. The molecule has 0 aromatic heterocycles. The Hall–Kier alpha value is -0.930. The minimum Gasteiger partial charge on any atom is -0.316 e. The molecule has 2 nitrogen and oxygen atoms in total. The maximum Gasteiger partial charge on any atom is 0.126 e. The highest BCUT2D eigenvalue weighted by molar-refractivity contribution is 5.23. The first-order valence-electron chi connectivity index (χ1n) is 5.42. The molecule has 0 aliphatic carbocycles. The monoisotopic (exact) mass is 208 g/mol. The molecular formula is C12H17FN2. The van der Waals surface area contributed by atoms with Gasteiger partial charge in [-0.1, -0.05) is 12.1 Å². The Morgan fingerprint density at radius 2 is 2.27 bits per heavy atom. The van der Waals surface area contributed by atoms with E-state index in [1.807, 2.05) is 12.1 Å². The summed E-state index contributed by atoms with van der Waals surface area (Å²) in [6.07, 6.45) is 0. The Balaban J connectivity index is 1.79. The summed E-state index contributed by atoms with van der Waals surface area (Å²) in [6, 6.07) is 5.28. The molecular weight excluding hydrogens is 191 g/mol. The summed E-state index contributed by atoms with van der Waals surface area (Å²) in [5.41, 5.74) is 1.88. The van der Waals surface area contributed by atoms with Gasteiger partial charge >= 0.3 is 0 Å². The van der Waals surface area contributed by atoms with Crippen molar-refractivity contribution in [3.05, 3.63) is 35.1 Å². The van der Waals surface area contributed by atoms with Gasteiger partial charge in [0.2, 0.25) is 0 Å². The summed E-state index contributed by atoms with van der Waals surface area (Å²) in [4.78, 5) is 0. The lowest BCUT2D eigenvalue weighted by atomic mass is 10.0. The SMILES string of the molecule is Cc1cc(CNCC2CNC2)ccc1F. The quantitative estimate of drug-likeness (QED) is 0.782. The molecule has 1 saturated heterocycles. The zero-order valence-corrected chi connectivity index (χ0v) is 9.02. The van der Waals surface area contributed by atoms with E-state index in [0.717, 1.165) is 43.2 Å². The molecule has 0 spiro atoms. The second kappa shape index (κ2) is 4.73. The van der Waals surface area contributed by atoms with E-state index in [4.69, 9.17) is 0 Å². The number of hydrogen-bond donors (Lipinski definition) is 2. The van der Waals surface area contributed by atoms with Crippen molar-refractivity contribution in [1.29, 1.82) is 0 Å². The van der Waals surface area contributed by atoms with Gasteiger partial charge in [0.15, 0.2) is 0 Å². The topological polar surface area (TPSA) is 24.1 Å². The van der Waals surface area contributed by atoms with Crippen molar-refractivity contribution in [2.75, 3.05) is 19.6 Å². The number of benzene rings is 1. The first kappa shape index (κ1) is 10.6. The van der Waals surface area contributed by atoms with Crippen LogP contribution in [0, 0.1) is 18.7 Å². The van der Waals surface area contributed by atoms with Gasteiger partial charge in [0.05, 0.1) is 0 Å². The lowest BCUT2D eigenvalue weighted by molar-refractivity contribution is 0.331. The Morgan fingerprint density at radius 1 is 1.47 bits per heavy atom. The number of halogens is 1. The van der Waals surface area contributed by atoms with Gasteiger partial charge in [-0.05, 0) is 30.0 Å². The molecule has 0 atom stereocenters. The predicted octanol–water partition coefficient (Wildman–Crippen LogP) is 1.44. The fourth-order valence-corrected chi connectivity index (χ4v) is 1.73. The van der Waals surface area contributed by atoms with E-state index >= 15 is 0 Å². The van der Waals surface area contributed by atoms with E-state index in [-0.39, 0.29) is 5.82 Å². The summed E-state index contributed by atoms with van der Waals surface area (Å²) in [5.74, 6) is 0.647. The summed E-state index contributed by atoms with van der Waals surface area (Å²) in [5, 5.41) is 6.62. The first-order valence-corrected chi connectivity index (χ1v) is 5.42. The van der Waals surface area contributed by atoms with E-state index in [2.05, 4.69) is 10.6 Å². The minimum absolute atomic E-state index is 0.123. The standard InChI is InChI=1S/C12H17FN2/c1-9-4-10(2-3-12(9)13)5-14-6-11-7-15-8-11/h2-4,11,14-15H,5-8H2,1H3. The van der Waals surface area contributed by atoms with Gasteiger partial charge in [0.25, 0.3) is 0 Å². The Bertz CT molecular complexity index is 334. The largest absolute Gasteiger partial charge is 0.316 e. The first-order chi connectivity index (χ1) is 7.25. The summed E-state index contributed by atoms with van der Waals surface area (Å²) < 4.78 is 13.0. The van der Waals surface area contributed by atoms with Crippen LogP contribution in [-0.2, 0) is 6.54 Å². The van der Waals surface area contributed by atoms with Crippen LogP contribution in [0.3, 0.4) is 0 Å². The molecule has 1 fully saturated rings. The Morgan fingerprint density at radius 3 is 2.87 bits per heavy atom. The molecule has 0 saturated carbocycles. The van der Waals surface area contributed by atoms with Crippen molar-refractivity contribution in [2.45, 2.75) is 13.5 Å². The number of hydrogen-bond acceptors (Lipinski definition) is 2. The molecule has 2 N–H and O–H groups in total. The molecule has 0 bridgehead atoms. The minimum atomic E-state index is -0.123. The molecule has 2 rings (SSSR count). The van der Waals surface area contributed by atoms with Gasteiger partial charge in [-0.15, -0.1) is 0 Å². The highest BCUT2D eigenvalue weighted by atomic mass is 19.1. The average Bonchev–Trinajstić information content (AvgIpc) is 2.15. The molecule has 82 valence electrons. The van der Waals surface area contributed by atoms with E-state index in [0.29, 0.717) is 0 Å². The molecule has 1 aromatic rings. The van der Waals surface area contributed by atoms with Crippen molar-refractivity contribution in [2.24, 2.45) is 5.92 Å². The van der Waals surface area contributed by atoms with E-state index < -0.39 is 0 Å². The van der Waals surface area contributed by atoms with Gasteiger partial charge < -0.3 is 10.6 Å². The summed E-state index contributed by atoms with van der Waals surface area (Å²) >= 11 is 0. The third-order valence-corrected chi connectivity index (χ3v) is 2.85. The molecule has 1 aromatic carbocycles. The molecule has 1 aliphatic heterocycles. The van der Waals surface area contributed by atoms with Crippen LogP contribution < -0.4 is 10.6 Å². The van der Waals surface area contributed by atoms with Crippen LogP contribution in [-0.4, -0.2) is 19.6 Å². The van der Waals surface area contributed by atoms with Gasteiger partial charge in [-0.2, -0.15) is 0 Å². The van der Waals surface area contributed by atoms with Crippen LogP contribution in [0.15, 0.2) is 18.2 Å². The zero-order chi connectivity index (χ0) is 10.7. The molecule has 0 radical (unpaired) electrons. The van der Waals surface area contributed by atoms with Crippen molar-refractivity contribution in [3.63, 3.8) is 0 Å². The molecule has 1 aliphatic rings. The normalized spacial score (nSPS) is 16.4. The van der Waals surface area contributed by atoms with Crippen LogP contribution in [0.2, 0.25) is 0 Å². The van der Waals surface area contributed by atoms with Crippen molar-refractivity contribution in [1.82, 2.24) is 10.6 Å². The van der Waals surface area contributed by atoms with Crippen LogP contribution in [0.5, 0.6) is 0 Å². The smallest absolute Gasteiger partial charge is 0.126 e. The van der Waals surface area contributed by atoms with Crippen LogP contribution in [0.25, 0.3) is 0 Å². The van der Waals surface area contributed by atoms with E-state index in [9.17, 15) is 4.39 Å². The van der Waals surface area contributed by atoms with Crippen LogP contribution in [0.4, 0.5) is 4.39 Å². The zero-order valence-electron chi connectivity index (χ0n) is 9.02.